The number of fused-ring (bicyclic) bond motifs is 6. The molecule has 1 aromatic heterocycles. The highest BCUT2D eigenvalue weighted by molar-refractivity contribution is 6.23. The monoisotopic (exact) mass is 637 g/mol. The zero-order chi connectivity index (χ0) is 33.0. The van der Waals surface area contributed by atoms with Gasteiger partial charge in [0.05, 0.1) is 11.4 Å². The van der Waals surface area contributed by atoms with Crippen molar-refractivity contribution < 1.29 is 4.42 Å². The summed E-state index contributed by atoms with van der Waals surface area (Å²) in [7, 11) is 0. The number of rotatable bonds is 5. The van der Waals surface area contributed by atoms with Gasteiger partial charge < -0.3 is 9.32 Å². The molecule has 0 aliphatic heterocycles. The number of nitrogens with zero attached hydrogens (tertiary/aromatic N) is 1. The number of benzene rings is 9. The summed E-state index contributed by atoms with van der Waals surface area (Å²) >= 11 is 0. The van der Waals surface area contributed by atoms with Gasteiger partial charge in [-0.2, -0.15) is 0 Å². The molecule has 10 rings (SSSR count). The van der Waals surface area contributed by atoms with Crippen molar-refractivity contribution in [2.24, 2.45) is 0 Å². The minimum Gasteiger partial charge on any atom is -0.454 e. The van der Waals surface area contributed by atoms with Gasteiger partial charge in [0.25, 0.3) is 0 Å². The van der Waals surface area contributed by atoms with Gasteiger partial charge in [-0.05, 0) is 68.1 Å². The van der Waals surface area contributed by atoms with Crippen LogP contribution in [0.25, 0.3) is 76.5 Å². The molecule has 0 fully saturated rings. The van der Waals surface area contributed by atoms with Gasteiger partial charge in [0.1, 0.15) is 5.58 Å². The van der Waals surface area contributed by atoms with E-state index in [4.69, 9.17) is 4.42 Å². The van der Waals surface area contributed by atoms with E-state index in [9.17, 15) is 0 Å². The highest BCUT2D eigenvalue weighted by atomic mass is 16.3. The van der Waals surface area contributed by atoms with E-state index in [1.54, 1.807) is 0 Å². The Bertz CT molecular complexity index is 2800. The van der Waals surface area contributed by atoms with E-state index in [0.29, 0.717) is 0 Å². The molecule has 0 unspecified atom stereocenters. The molecule has 2 heteroatoms. The van der Waals surface area contributed by atoms with Crippen LogP contribution in [0.4, 0.5) is 17.1 Å². The summed E-state index contributed by atoms with van der Waals surface area (Å²) in [6.45, 7) is 0. The summed E-state index contributed by atoms with van der Waals surface area (Å²) in [5.74, 6) is 0. The predicted molar refractivity (Wildman–Crippen MR) is 212 cm³/mol. The summed E-state index contributed by atoms with van der Waals surface area (Å²) < 4.78 is 6.72. The smallest absolute Gasteiger partial charge is 0.159 e. The molecular weight excluding hydrogens is 607 g/mol. The minimum atomic E-state index is 0.868. The number of hydrogen-bond acceptors (Lipinski definition) is 2. The van der Waals surface area contributed by atoms with E-state index in [1.165, 1.54) is 54.6 Å². The second-order valence-corrected chi connectivity index (χ2v) is 12.8. The lowest BCUT2D eigenvalue weighted by Gasteiger charge is -2.29. The quantitative estimate of drug-likeness (QED) is 0.175. The molecule has 50 heavy (non-hydrogen) atoms. The van der Waals surface area contributed by atoms with E-state index in [1.807, 2.05) is 6.07 Å². The van der Waals surface area contributed by atoms with Crippen molar-refractivity contribution in [2.75, 3.05) is 4.90 Å². The number of para-hydroxylation sites is 2. The highest BCUT2D eigenvalue weighted by Gasteiger charge is 2.25. The molecule has 9 aromatic carbocycles. The Hall–Kier alpha value is -6.64. The fourth-order valence-electron chi connectivity index (χ4n) is 7.83. The highest BCUT2D eigenvalue weighted by Crippen LogP contribution is 2.50. The summed E-state index contributed by atoms with van der Waals surface area (Å²) in [5, 5.41) is 9.48. The molecular formula is C48H31NO. The first-order chi connectivity index (χ1) is 24.8. The van der Waals surface area contributed by atoms with Crippen LogP contribution >= 0.6 is 0 Å². The standard InChI is InChI=1S/C48H31NO/c1-2-15-34(16-3-1)46-39-20-6-8-22-41(39)47(42-23-9-7-21-40(42)46)49(44-26-13-25-43-38-19-10-11-27-45(38)50-48(43)44)35-30-28-33(29-31-35)37-24-12-17-32-14-4-5-18-36(32)37/h1-31H. The summed E-state index contributed by atoms with van der Waals surface area (Å²) in [6.07, 6.45) is 0. The Morgan fingerprint density at radius 2 is 0.920 bits per heavy atom. The second kappa shape index (κ2) is 11.5. The molecule has 0 bridgehead atoms. The van der Waals surface area contributed by atoms with Crippen molar-refractivity contribution in [3.8, 4) is 22.3 Å². The zero-order valence-corrected chi connectivity index (χ0v) is 27.3. The van der Waals surface area contributed by atoms with E-state index < -0.39 is 0 Å². The van der Waals surface area contributed by atoms with Crippen LogP contribution < -0.4 is 4.90 Å². The van der Waals surface area contributed by atoms with Crippen molar-refractivity contribution in [3.63, 3.8) is 0 Å². The molecule has 0 aliphatic rings. The lowest BCUT2D eigenvalue weighted by atomic mass is 9.90. The average Bonchev–Trinajstić information content (AvgIpc) is 3.58. The molecule has 0 atom stereocenters. The van der Waals surface area contributed by atoms with E-state index >= 15 is 0 Å². The van der Waals surface area contributed by atoms with Gasteiger partial charge in [0.2, 0.25) is 0 Å². The van der Waals surface area contributed by atoms with Gasteiger partial charge >= 0.3 is 0 Å². The van der Waals surface area contributed by atoms with Gasteiger partial charge in [0.15, 0.2) is 5.58 Å². The van der Waals surface area contributed by atoms with Gasteiger partial charge in [-0.25, -0.2) is 0 Å². The largest absolute Gasteiger partial charge is 0.454 e. The van der Waals surface area contributed by atoms with Crippen LogP contribution in [-0.4, -0.2) is 0 Å². The number of anilines is 3. The second-order valence-electron chi connectivity index (χ2n) is 12.8. The molecule has 2 nitrogen and oxygen atoms in total. The fraction of sp³-hybridized carbons (Fsp3) is 0. The molecule has 234 valence electrons. The van der Waals surface area contributed by atoms with Crippen LogP contribution in [0, 0.1) is 0 Å². The maximum absolute atomic E-state index is 6.72. The number of furan rings is 1. The van der Waals surface area contributed by atoms with Crippen molar-refractivity contribution in [3.05, 3.63) is 188 Å². The first kappa shape index (κ1) is 28.4. The molecule has 0 saturated carbocycles. The molecule has 0 spiro atoms. The molecule has 10 aromatic rings. The summed E-state index contributed by atoms with van der Waals surface area (Å²) in [4.78, 5) is 2.41. The van der Waals surface area contributed by atoms with Crippen LogP contribution in [0.5, 0.6) is 0 Å². The maximum atomic E-state index is 6.72. The Balaban J connectivity index is 1.29. The average molecular weight is 638 g/mol. The molecule has 0 radical (unpaired) electrons. The third-order valence-electron chi connectivity index (χ3n) is 10.0. The normalized spacial score (nSPS) is 11.6. The van der Waals surface area contributed by atoms with Crippen molar-refractivity contribution in [2.45, 2.75) is 0 Å². The van der Waals surface area contributed by atoms with Crippen LogP contribution in [0.2, 0.25) is 0 Å². The van der Waals surface area contributed by atoms with Crippen molar-refractivity contribution in [1.82, 2.24) is 0 Å². The third kappa shape index (κ3) is 4.43. The summed E-state index contributed by atoms with van der Waals surface area (Å²) in [5.41, 5.74) is 9.80. The Morgan fingerprint density at radius 1 is 0.360 bits per heavy atom. The van der Waals surface area contributed by atoms with E-state index in [0.717, 1.165) is 39.0 Å². The lowest BCUT2D eigenvalue weighted by molar-refractivity contribution is 0.669. The molecule has 0 amide bonds. The van der Waals surface area contributed by atoms with Crippen molar-refractivity contribution in [1.29, 1.82) is 0 Å². The zero-order valence-electron chi connectivity index (χ0n) is 27.3. The van der Waals surface area contributed by atoms with Crippen LogP contribution in [0.1, 0.15) is 0 Å². The minimum absolute atomic E-state index is 0.868. The molecule has 0 aliphatic carbocycles. The Labute approximate surface area is 290 Å². The first-order valence-electron chi connectivity index (χ1n) is 17.1. The van der Waals surface area contributed by atoms with E-state index in [2.05, 4.69) is 187 Å². The van der Waals surface area contributed by atoms with Crippen LogP contribution in [-0.2, 0) is 0 Å². The topological polar surface area (TPSA) is 16.4 Å². The Kier molecular flexibility index (Phi) is 6.53. The third-order valence-corrected chi connectivity index (χ3v) is 10.0. The van der Waals surface area contributed by atoms with Crippen molar-refractivity contribution >= 4 is 71.3 Å². The predicted octanol–water partition coefficient (Wildman–Crippen LogP) is 13.8. The number of hydrogen-bond donors (Lipinski definition) is 0. The molecule has 1 heterocycles. The van der Waals surface area contributed by atoms with Crippen LogP contribution in [0.3, 0.4) is 0 Å². The summed E-state index contributed by atoms with van der Waals surface area (Å²) in [6, 6.07) is 67.4. The lowest BCUT2D eigenvalue weighted by Crippen LogP contribution is -2.12. The molecule has 0 N–H and O–H groups in total. The maximum Gasteiger partial charge on any atom is 0.159 e. The van der Waals surface area contributed by atoms with Crippen LogP contribution in [0.15, 0.2) is 192 Å². The van der Waals surface area contributed by atoms with E-state index in [-0.39, 0.29) is 0 Å². The SMILES string of the molecule is c1ccc(-c2c3ccccc3c(N(c3ccc(-c4cccc5ccccc45)cc3)c3cccc4c3oc3ccccc34)c3ccccc23)cc1. The van der Waals surface area contributed by atoms with Gasteiger partial charge in [-0.1, -0.05) is 164 Å². The van der Waals surface area contributed by atoms with Gasteiger partial charge in [-0.3, -0.25) is 0 Å². The fourth-order valence-corrected chi connectivity index (χ4v) is 7.83. The van der Waals surface area contributed by atoms with Gasteiger partial charge in [0, 0.05) is 27.2 Å². The van der Waals surface area contributed by atoms with Gasteiger partial charge in [-0.15, -0.1) is 0 Å². The first-order valence-corrected chi connectivity index (χ1v) is 17.1. The molecule has 0 saturated heterocycles. The Morgan fingerprint density at radius 3 is 1.66 bits per heavy atom.